The number of aliphatic hydroxyl groups excluding tert-OH is 1. The zero-order valence-corrected chi connectivity index (χ0v) is 8.49. The molecule has 1 rings (SSSR count). The van der Waals surface area contributed by atoms with E-state index in [1.807, 2.05) is 0 Å². The second-order valence-electron chi connectivity index (χ2n) is 3.57. The minimum Gasteiger partial charge on any atom is -0.508 e. The van der Waals surface area contributed by atoms with Crippen molar-refractivity contribution in [2.45, 2.75) is 25.2 Å². The van der Waals surface area contributed by atoms with Gasteiger partial charge in [-0.15, -0.1) is 0 Å². The Morgan fingerprint density at radius 2 is 1.88 bits per heavy atom. The van der Waals surface area contributed by atoms with Gasteiger partial charge in [-0.1, -0.05) is 12.1 Å². The second-order valence-corrected chi connectivity index (χ2v) is 3.57. The Kier molecular flexibility index (Phi) is 3.44. The summed E-state index contributed by atoms with van der Waals surface area (Å²) in [4.78, 5) is 0. The van der Waals surface area contributed by atoms with E-state index in [1.54, 1.807) is 6.92 Å². The van der Waals surface area contributed by atoms with Crippen molar-refractivity contribution in [3.63, 3.8) is 0 Å². The van der Waals surface area contributed by atoms with Gasteiger partial charge in [0.15, 0.2) is 6.10 Å². The number of phenolic OH excluding ortho intramolecular Hbond substituents is 1. The number of phenols is 1. The van der Waals surface area contributed by atoms with Crippen LogP contribution in [0.4, 0.5) is 13.2 Å². The Bertz CT molecular complexity index is 379. The number of aliphatic hydroxyl groups is 1. The minimum atomic E-state index is -4.81. The van der Waals surface area contributed by atoms with Crippen molar-refractivity contribution in [3.05, 3.63) is 29.3 Å². The van der Waals surface area contributed by atoms with Crippen LogP contribution in [0, 0.1) is 6.92 Å². The number of hydrogen-bond donors (Lipinski definition) is 3. The number of alkyl halides is 3. The lowest BCUT2D eigenvalue weighted by Gasteiger charge is -2.22. The minimum absolute atomic E-state index is 0.129. The summed E-state index contributed by atoms with van der Waals surface area (Å²) in [5.41, 5.74) is 5.81. The highest BCUT2D eigenvalue weighted by molar-refractivity contribution is 5.38. The van der Waals surface area contributed by atoms with Crippen LogP contribution in [0.15, 0.2) is 18.2 Å². The molecule has 90 valence electrons. The van der Waals surface area contributed by atoms with E-state index in [2.05, 4.69) is 0 Å². The van der Waals surface area contributed by atoms with Crippen LogP contribution in [0.5, 0.6) is 5.75 Å². The zero-order chi connectivity index (χ0) is 12.5. The average Bonchev–Trinajstić information content (AvgIpc) is 2.14. The van der Waals surface area contributed by atoms with Crippen LogP contribution in [0.25, 0.3) is 0 Å². The number of halogens is 3. The molecule has 0 aliphatic carbocycles. The molecule has 0 aromatic heterocycles. The lowest BCUT2D eigenvalue weighted by Crippen LogP contribution is -2.38. The summed E-state index contributed by atoms with van der Waals surface area (Å²) in [6.45, 7) is 1.68. The molecule has 0 aliphatic rings. The summed E-state index contributed by atoms with van der Waals surface area (Å²) in [6.07, 6.45) is -7.50. The predicted octanol–water partition coefficient (Wildman–Crippen LogP) is 1.62. The number of hydrogen-bond acceptors (Lipinski definition) is 3. The number of aryl methyl sites for hydroxylation is 1. The van der Waals surface area contributed by atoms with Gasteiger partial charge in [0.2, 0.25) is 0 Å². The molecule has 0 saturated carbocycles. The van der Waals surface area contributed by atoms with E-state index < -0.39 is 18.3 Å². The van der Waals surface area contributed by atoms with Crippen molar-refractivity contribution in [3.8, 4) is 5.75 Å². The molecule has 16 heavy (non-hydrogen) atoms. The first kappa shape index (κ1) is 12.8. The third-order valence-electron chi connectivity index (χ3n) is 2.22. The van der Waals surface area contributed by atoms with Gasteiger partial charge in [0.05, 0.1) is 6.04 Å². The van der Waals surface area contributed by atoms with Crippen LogP contribution in [0.2, 0.25) is 0 Å². The van der Waals surface area contributed by atoms with Crippen molar-refractivity contribution in [2.24, 2.45) is 5.73 Å². The molecular weight excluding hydrogens is 223 g/mol. The van der Waals surface area contributed by atoms with Crippen LogP contribution in [-0.2, 0) is 0 Å². The second kappa shape index (κ2) is 4.31. The summed E-state index contributed by atoms with van der Waals surface area (Å²) in [7, 11) is 0. The molecule has 0 heterocycles. The Balaban J connectivity index is 3.01. The van der Waals surface area contributed by atoms with E-state index in [0.717, 1.165) is 0 Å². The Morgan fingerprint density at radius 1 is 1.31 bits per heavy atom. The summed E-state index contributed by atoms with van der Waals surface area (Å²) in [6, 6.07) is 2.38. The molecule has 3 nitrogen and oxygen atoms in total. The smallest absolute Gasteiger partial charge is 0.416 e. The highest BCUT2D eigenvalue weighted by atomic mass is 19.4. The van der Waals surface area contributed by atoms with Gasteiger partial charge in [-0.05, 0) is 18.6 Å². The summed E-state index contributed by atoms with van der Waals surface area (Å²) < 4.78 is 36.6. The predicted molar refractivity (Wildman–Crippen MR) is 51.8 cm³/mol. The molecule has 0 radical (unpaired) electrons. The van der Waals surface area contributed by atoms with Crippen molar-refractivity contribution in [1.82, 2.24) is 0 Å². The fraction of sp³-hybridized carbons (Fsp3) is 0.400. The molecule has 2 atom stereocenters. The number of rotatable bonds is 2. The van der Waals surface area contributed by atoms with E-state index in [1.165, 1.54) is 18.2 Å². The number of nitrogens with two attached hydrogens (primary N) is 1. The summed E-state index contributed by atoms with van der Waals surface area (Å²) in [5.74, 6) is -0.351. The van der Waals surface area contributed by atoms with E-state index in [9.17, 15) is 18.3 Å². The van der Waals surface area contributed by atoms with Crippen molar-refractivity contribution in [1.29, 1.82) is 0 Å². The highest BCUT2D eigenvalue weighted by Gasteiger charge is 2.43. The monoisotopic (exact) mass is 235 g/mol. The standard InChI is InChI=1S/C10H12F3NO2/c1-5-2-3-6(7(15)4-5)8(14)9(16)10(11,12)13/h2-4,8-9,15-16H,14H2,1H3/t8-,9-/m1/s1. The van der Waals surface area contributed by atoms with Gasteiger partial charge >= 0.3 is 6.18 Å². The van der Waals surface area contributed by atoms with Crippen molar-refractivity contribution in [2.75, 3.05) is 0 Å². The van der Waals surface area contributed by atoms with E-state index in [-0.39, 0.29) is 11.3 Å². The van der Waals surface area contributed by atoms with Crippen molar-refractivity contribution < 1.29 is 23.4 Å². The highest BCUT2D eigenvalue weighted by Crippen LogP contribution is 2.32. The third-order valence-corrected chi connectivity index (χ3v) is 2.22. The molecule has 0 bridgehead atoms. The first-order valence-electron chi connectivity index (χ1n) is 4.53. The maximum Gasteiger partial charge on any atom is 0.416 e. The van der Waals surface area contributed by atoms with Gasteiger partial charge in [-0.3, -0.25) is 0 Å². The molecule has 1 aromatic rings. The van der Waals surface area contributed by atoms with Gasteiger partial charge in [0.25, 0.3) is 0 Å². The summed E-state index contributed by atoms with van der Waals surface area (Å²) >= 11 is 0. The van der Waals surface area contributed by atoms with Crippen LogP contribution in [0.1, 0.15) is 17.2 Å². The van der Waals surface area contributed by atoms with Crippen LogP contribution in [0.3, 0.4) is 0 Å². The van der Waals surface area contributed by atoms with Gasteiger partial charge < -0.3 is 15.9 Å². The number of benzene rings is 1. The summed E-state index contributed by atoms with van der Waals surface area (Å²) in [5, 5.41) is 18.4. The largest absolute Gasteiger partial charge is 0.508 e. The lowest BCUT2D eigenvalue weighted by atomic mass is 9.99. The van der Waals surface area contributed by atoms with Gasteiger partial charge in [0, 0.05) is 5.56 Å². The first-order chi connectivity index (χ1) is 7.23. The Morgan fingerprint density at radius 3 is 2.31 bits per heavy atom. The fourth-order valence-corrected chi connectivity index (χ4v) is 1.31. The van der Waals surface area contributed by atoms with Crippen LogP contribution >= 0.6 is 0 Å². The molecule has 0 saturated heterocycles. The molecule has 1 aromatic carbocycles. The molecule has 0 spiro atoms. The molecule has 0 aliphatic heterocycles. The van der Waals surface area contributed by atoms with Crippen LogP contribution in [-0.4, -0.2) is 22.5 Å². The Hall–Kier alpha value is -1.27. The van der Waals surface area contributed by atoms with Gasteiger partial charge in [0.1, 0.15) is 5.75 Å². The maximum absolute atomic E-state index is 12.2. The van der Waals surface area contributed by atoms with Crippen molar-refractivity contribution >= 4 is 0 Å². The average molecular weight is 235 g/mol. The number of aromatic hydroxyl groups is 1. The SMILES string of the molecule is Cc1ccc([C@@H](N)[C@@H](O)C(F)(F)F)c(O)c1. The topological polar surface area (TPSA) is 66.5 Å². The molecular formula is C10H12F3NO2. The quantitative estimate of drug-likeness (QED) is 0.729. The molecule has 0 fully saturated rings. The first-order valence-corrected chi connectivity index (χ1v) is 4.53. The van der Waals surface area contributed by atoms with E-state index >= 15 is 0 Å². The molecule has 0 amide bonds. The molecule has 6 heteroatoms. The lowest BCUT2D eigenvalue weighted by molar-refractivity contribution is -0.210. The van der Waals surface area contributed by atoms with E-state index in [0.29, 0.717) is 5.56 Å². The van der Waals surface area contributed by atoms with Crippen LogP contribution < -0.4 is 5.73 Å². The third kappa shape index (κ3) is 2.65. The van der Waals surface area contributed by atoms with Gasteiger partial charge in [-0.2, -0.15) is 13.2 Å². The maximum atomic E-state index is 12.2. The normalized spacial score (nSPS) is 15.9. The zero-order valence-electron chi connectivity index (χ0n) is 8.49. The van der Waals surface area contributed by atoms with Gasteiger partial charge in [-0.25, -0.2) is 0 Å². The molecule has 0 unspecified atom stereocenters. The fourth-order valence-electron chi connectivity index (χ4n) is 1.31. The van der Waals surface area contributed by atoms with E-state index in [4.69, 9.17) is 10.8 Å². The molecule has 4 N–H and O–H groups in total. The Labute approximate surface area is 90.3 Å².